The number of carbonyl (C=O) groups excluding carboxylic acids is 1. The van der Waals surface area contributed by atoms with Crippen molar-refractivity contribution in [3.63, 3.8) is 0 Å². The smallest absolute Gasteiger partial charge is 0.168 e. The number of hydrogen-bond acceptors (Lipinski definition) is 3. The molecule has 0 amide bonds. The van der Waals surface area contributed by atoms with Crippen LogP contribution in [0.4, 0.5) is 0 Å². The van der Waals surface area contributed by atoms with E-state index in [0.29, 0.717) is 6.61 Å². The SMILES string of the molecule is CCCCOc1cc(CC(=O)C(C)(C)O)ccc1C. The lowest BCUT2D eigenvalue weighted by molar-refractivity contribution is -0.133. The van der Waals surface area contributed by atoms with Gasteiger partial charge in [0.05, 0.1) is 6.61 Å². The van der Waals surface area contributed by atoms with Gasteiger partial charge in [0.15, 0.2) is 5.78 Å². The predicted molar refractivity (Wildman–Crippen MR) is 76.6 cm³/mol. The molecule has 0 saturated heterocycles. The molecule has 0 aromatic heterocycles. The summed E-state index contributed by atoms with van der Waals surface area (Å²) in [5, 5.41) is 9.66. The van der Waals surface area contributed by atoms with E-state index in [2.05, 4.69) is 6.92 Å². The standard InChI is InChI=1S/C16H24O3/c1-5-6-9-19-14-10-13(8-7-12(14)2)11-15(17)16(3,4)18/h7-8,10,18H,5-6,9,11H2,1-4H3. The summed E-state index contributed by atoms with van der Waals surface area (Å²) in [6.45, 7) is 7.84. The highest BCUT2D eigenvalue weighted by Gasteiger charge is 2.23. The van der Waals surface area contributed by atoms with E-state index in [4.69, 9.17) is 4.74 Å². The minimum atomic E-state index is -1.28. The highest BCUT2D eigenvalue weighted by Crippen LogP contribution is 2.21. The van der Waals surface area contributed by atoms with Crippen molar-refractivity contribution in [1.29, 1.82) is 0 Å². The minimum Gasteiger partial charge on any atom is -0.493 e. The van der Waals surface area contributed by atoms with Crippen molar-refractivity contribution in [3.05, 3.63) is 29.3 Å². The van der Waals surface area contributed by atoms with Crippen LogP contribution in [0.3, 0.4) is 0 Å². The summed E-state index contributed by atoms with van der Waals surface area (Å²) >= 11 is 0. The Kier molecular flexibility index (Phi) is 5.55. The van der Waals surface area contributed by atoms with Crippen LogP contribution in [0.5, 0.6) is 5.75 Å². The lowest BCUT2D eigenvalue weighted by Gasteiger charge is -2.16. The number of ether oxygens (including phenoxy) is 1. The molecule has 0 heterocycles. The van der Waals surface area contributed by atoms with E-state index in [1.807, 2.05) is 25.1 Å². The van der Waals surface area contributed by atoms with Gasteiger partial charge in [-0.3, -0.25) is 4.79 Å². The monoisotopic (exact) mass is 264 g/mol. The van der Waals surface area contributed by atoms with Gasteiger partial charge in [0.25, 0.3) is 0 Å². The van der Waals surface area contributed by atoms with Crippen LogP contribution >= 0.6 is 0 Å². The maximum Gasteiger partial charge on any atom is 0.168 e. The molecule has 3 heteroatoms. The first-order valence-corrected chi connectivity index (χ1v) is 6.82. The van der Waals surface area contributed by atoms with E-state index in [0.717, 1.165) is 29.7 Å². The summed E-state index contributed by atoms with van der Waals surface area (Å²) < 4.78 is 5.71. The number of aliphatic hydroxyl groups is 1. The molecule has 0 atom stereocenters. The molecule has 19 heavy (non-hydrogen) atoms. The van der Waals surface area contributed by atoms with E-state index in [-0.39, 0.29) is 12.2 Å². The average Bonchev–Trinajstić information content (AvgIpc) is 2.32. The number of rotatable bonds is 7. The molecule has 0 aliphatic carbocycles. The fourth-order valence-corrected chi connectivity index (χ4v) is 1.64. The van der Waals surface area contributed by atoms with Gasteiger partial charge in [-0.15, -0.1) is 0 Å². The van der Waals surface area contributed by atoms with Gasteiger partial charge in [-0.1, -0.05) is 25.5 Å². The van der Waals surface area contributed by atoms with E-state index in [1.165, 1.54) is 13.8 Å². The molecule has 1 aromatic carbocycles. The molecule has 0 bridgehead atoms. The van der Waals surface area contributed by atoms with Crippen LogP contribution in [0.15, 0.2) is 18.2 Å². The fourth-order valence-electron chi connectivity index (χ4n) is 1.64. The average molecular weight is 264 g/mol. The normalized spacial score (nSPS) is 11.4. The Hall–Kier alpha value is -1.35. The van der Waals surface area contributed by atoms with Gasteiger partial charge in [-0.05, 0) is 44.4 Å². The zero-order valence-electron chi connectivity index (χ0n) is 12.3. The summed E-state index contributed by atoms with van der Waals surface area (Å²) in [5.74, 6) is 0.644. The third kappa shape index (κ3) is 5.03. The van der Waals surface area contributed by atoms with Gasteiger partial charge < -0.3 is 9.84 Å². The Morgan fingerprint density at radius 3 is 2.63 bits per heavy atom. The Bertz CT molecular complexity index is 430. The highest BCUT2D eigenvalue weighted by molar-refractivity contribution is 5.88. The molecule has 106 valence electrons. The van der Waals surface area contributed by atoms with Crippen molar-refractivity contribution >= 4 is 5.78 Å². The largest absolute Gasteiger partial charge is 0.493 e. The molecule has 1 rings (SSSR count). The van der Waals surface area contributed by atoms with Gasteiger partial charge in [0.2, 0.25) is 0 Å². The van der Waals surface area contributed by atoms with E-state index < -0.39 is 5.60 Å². The number of hydrogen-bond donors (Lipinski definition) is 1. The maximum atomic E-state index is 11.8. The second-order valence-electron chi connectivity index (χ2n) is 5.46. The number of unbranched alkanes of at least 4 members (excludes halogenated alkanes) is 1. The molecule has 3 nitrogen and oxygen atoms in total. The predicted octanol–water partition coefficient (Wildman–Crippen LogP) is 3.06. The molecular weight excluding hydrogens is 240 g/mol. The number of aryl methyl sites for hydroxylation is 1. The van der Waals surface area contributed by atoms with Gasteiger partial charge in [0.1, 0.15) is 11.4 Å². The fraction of sp³-hybridized carbons (Fsp3) is 0.562. The van der Waals surface area contributed by atoms with E-state index >= 15 is 0 Å². The molecular formula is C16H24O3. The third-order valence-electron chi connectivity index (χ3n) is 3.06. The molecule has 0 radical (unpaired) electrons. The van der Waals surface area contributed by atoms with E-state index in [9.17, 15) is 9.90 Å². The number of ketones is 1. The topological polar surface area (TPSA) is 46.5 Å². The molecule has 0 unspecified atom stereocenters. The van der Waals surface area contributed by atoms with Crippen LogP contribution in [0.25, 0.3) is 0 Å². The Balaban J connectivity index is 2.75. The first kappa shape index (κ1) is 15.7. The third-order valence-corrected chi connectivity index (χ3v) is 3.06. The number of Topliss-reactive ketones (excluding diaryl/α,β-unsaturated/α-hetero) is 1. The van der Waals surface area contributed by atoms with Crippen LogP contribution in [0, 0.1) is 6.92 Å². The van der Waals surface area contributed by atoms with Crippen LogP contribution in [0.1, 0.15) is 44.7 Å². The van der Waals surface area contributed by atoms with Crippen molar-refractivity contribution < 1.29 is 14.6 Å². The molecule has 1 N–H and O–H groups in total. The highest BCUT2D eigenvalue weighted by atomic mass is 16.5. The number of benzene rings is 1. The number of carbonyl (C=O) groups is 1. The Morgan fingerprint density at radius 2 is 2.05 bits per heavy atom. The first-order valence-electron chi connectivity index (χ1n) is 6.82. The van der Waals surface area contributed by atoms with Crippen molar-refractivity contribution in [1.82, 2.24) is 0 Å². The van der Waals surface area contributed by atoms with Crippen molar-refractivity contribution in [2.45, 2.75) is 52.6 Å². The van der Waals surface area contributed by atoms with Crippen molar-refractivity contribution in [2.24, 2.45) is 0 Å². The van der Waals surface area contributed by atoms with Crippen LogP contribution < -0.4 is 4.74 Å². The zero-order chi connectivity index (χ0) is 14.5. The van der Waals surface area contributed by atoms with Crippen LogP contribution in [-0.2, 0) is 11.2 Å². The molecule has 0 spiro atoms. The van der Waals surface area contributed by atoms with Crippen LogP contribution in [-0.4, -0.2) is 23.1 Å². The lowest BCUT2D eigenvalue weighted by Crippen LogP contribution is -2.32. The first-order chi connectivity index (χ1) is 8.84. The van der Waals surface area contributed by atoms with Crippen molar-refractivity contribution in [2.75, 3.05) is 6.61 Å². The summed E-state index contributed by atoms with van der Waals surface area (Å²) in [5.41, 5.74) is 0.661. The van der Waals surface area contributed by atoms with Gasteiger partial charge in [-0.25, -0.2) is 0 Å². The van der Waals surface area contributed by atoms with Gasteiger partial charge in [0, 0.05) is 6.42 Å². The second-order valence-corrected chi connectivity index (χ2v) is 5.46. The molecule has 0 saturated carbocycles. The lowest BCUT2D eigenvalue weighted by atomic mass is 9.96. The summed E-state index contributed by atoms with van der Waals surface area (Å²) in [6, 6.07) is 5.76. The van der Waals surface area contributed by atoms with E-state index in [1.54, 1.807) is 0 Å². The molecule has 0 aliphatic heterocycles. The Morgan fingerprint density at radius 1 is 1.37 bits per heavy atom. The van der Waals surface area contributed by atoms with Crippen molar-refractivity contribution in [3.8, 4) is 5.75 Å². The summed E-state index contributed by atoms with van der Waals surface area (Å²) in [4.78, 5) is 11.8. The second kappa shape index (κ2) is 6.71. The van der Waals surface area contributed by atoms with Gasteiger partial charge in [-0.2, -0.15) is 0 Å². The van der Waals surface area contributed by atoms with Crippen LogP contribution in [0.2, 0.25) is 0 Å². The molecule has 0 aliphatic rings. The molecule has 1 aromatic rings. The summed E-state index contributed by atoms with van der Waals surface area (Å²) in [7, 11) is 0. The zero-order valence-corrected chi connectivity index (χ0v) is 12.3. The van der Waals surface area contributed by atoms with Gasteiger partial charge >= 0.3 is 0 Å². The summed E-state index contributed by atoms with van der Waals surface area (Å²) in [6.07, 6.45) is 2.34. The Labute approximate surface area is 115 Å². The maximum absolute atomic E-state index is 11.8. The minimum absolute atomic E-state index is 0.184. The quantitative estimate of drug-likeness (QED) is 0.770. The molecule has 0 fully saturated rings.